The molecule has 0 saturated carbocycles. The molecule has 0 fully saturated rings. The normalized spacial score (nSPS) is 13.5. The number of benzene rings is 2. The van der Waals surface area contributed by atoms with E-state index in [9.17, 15) is 9.59 Å². The fraction of sp³-hybridized carbons (Fsp3) is 0.136. The van der Waals surface area contributed by atoms with E-state index in [1.54, 1.807) is 0 Å². The molecule has 0 spiro atoms. The Bertz CT molecular complexity index is 1090. The highest BCUT2D eigenvalue weighted by Gasteiger charge is 2.25. The molecule has 0 atom stereocenters. The molecule has 1 aromatic heterocycles. The van der Waals surface area contributed by atoms with Crippen LogP contribution in [-0.2, 0) is 19.3 Å². The van der Waals surface area contributed by atoms with E-state index in [0.29, 0.717) is 6.42 Å². The van der Waals surface area contributed by atoms with Crippen LogP contribution in [0.3, 0.4) is 0 Å². The van der Waals surface area contributed by atoms with Crippen molar-refractivity contribution in [3.8, 4) is 11.1 Å². The molecule has 0 aliphatic heterocycles. The largest absolute Gasteiger partial charge is 0.476 e. The number of ketones is 1. The molecule has 2 aliphatic carbocycles. The molecule has 6 heteroatoms. The quantitative estimate of drug-likeness (QED) is 0.660. The van der Waals surface area contributed by atoms with Crippen LogP contribution in [0, 0.1) is 0 Å². The van der Waals surface area contributed by atoms with Crippen molar-refractivity contribution in [3.05, 3.63) is 89.0 Å². The molecule has 1 N–H and O–H groups in total. The summed E-state index contributed by atoms with van der Waals surface area (Å²) in [5, 5.41) is 14.9. The first kappa shape index (κ1) is 17.7. The third kappa shape index (κ3) is 3.32. The number of allylic oxidation sites excluding steroid dienone is 2. The van der Waals surface area contributed by atoms with Crippen LogP contribution in [0.5, 0.6) is 0 Å². The Labute approximate surface area is 161 Å². The minimum absolute atomic E-state index is 0.0926. The molecule has 3 aromatic rings. The van der Waals surface area contributed by atoms with E-state index in [1.165, 1.54) is 22.3 Å². The summed E-state index contributed by atoms with van der Waals surface area (Å²) >= 11 is 0. The minimum Gasteiger partial charge on any atom is -0.476 e. The molecule has 0 bridgehead atoms. The standard InChI is InChI=1S/C18H14O.C4H3N3O2/c19-18-11-17-13-6-2-1-5-12(13)9-10-15(17)14-7-3-4-8-16(14)18;8-4(9)3-1-6-7-2-5-3/h1-4,7-10H,5-6,11H2;1-2H,(H,8,9). The first-order chi connectivity index (χ1) is 13.6. The van der Waals surface area contributed by atoms with Crippen LogP contribution in [-0.4, -0.2) is 32.0 Å². The third-order valence-corrected chi connectivity index (χ3v) is 4.92. The molecule has 2 aliphatic rings. The van der Waals surface area contributed by atoms with Crippen LogP contribution in [0.4, 0.5) is 0 Å². The van der Waals surface area contributed by atoms with E-state index in [1.807, 2.05) is 18.2 Å². The Balaban J connectivity index is 0.000000181. The van der Waals surface area contributed by atoms with Gasteiger partial charge in [0.1, 0.15) is 6.33 Å². The molecule has 1 heterocycles. The van der Waals surface area contributed by atoms with Gasteiger partial charge in [0.15, 0.2) is 11.5 Å². The number of fused-ring (bicyclic) bond motifs is 5. The van der Waals surface area contributed by atoms with Gasteiger partial charge in [-0.05, 0) is 40.7 Å². The summed E-state index contributed by atoms with van der Waals surface area (Å²) in [6.07, 6.45) is 9.13. The Kier molecular flexibility index (Phi) is 4.76. The van der Waals surface area contributed by atoms with E-state index in [0.717, 1.165) is 36.5 Å². The summed E-state index contributed by atoms with van der Waals surface area (Å²) in [5.74, 6) is -0.837. The Morgan fingerprint density at radius 3 is 2.39 bits per heavy atom. The maximum absolute atomic E-state index is 12.3. The lowest BCUT2D eigenvalue weighted by molar-refractivity contribution is 0.0689. The maximum atomic E-state index is 12.3. The lowest BCUT2D eigenvalue weighted by atomic mass is 9.79. The zero-order valence-electron chi connectivity index (χ0n) is 15.0. The molecular formula is C22H17N3O3. The van der Waals surface area contributed by atoms with Crippen LogP contribution in [0.2, 0.25) is 0 Å². The highest BCUT2D eigenvalue weighted by Crippen LogP contribution is 2.37. The van der Waals surface area contributed by atoms with Crippen molar-refractivity contribution < 1.29 is 14.7 Å². The van der Waals surface area contributed by atoms with E-state index in [4.69, 9.17) is 5.11 Å². The topological polar surface area (TPSA) is 93.0 Å². The van der Waals surface area contributed by atoms with Gasteiger partial charge < -0.3 is 5.11 Å². The van der Waals surface area contributed by atoms with Gasteiger partial charge >= 0.3 is 5.97 Å². The second-order valence-corrected chi connectivity index (χ2v) is 6.55. The monoisotopic (exact) mass is 371 g/mol. The van der Waals surface area contributed by atoms with E-state index < -0.39 is 5.97 Å². The van der Waals surface area contributed by atoms with Crippen LogP contribution < -0.4 is 0 Å². The van der Waals surface area contributed by atoms with E-state index >= 15 is 0 Å². The van der Waals surface area contributed by atoms with Gasteiger partial charge in [0, 0.05) is 12.0 Å². The summed E-state index contributed by atoms with van der Waals surface area (Å²) in [7, 11) is 0. The molecular weight excluding hydrogens is 354 g/mol. The van der Waals surface area contributed by atoms with Crippen LogP contribution in [0.1, 0.15) is 37.5 Å². The number of carboxylic acids is 1. The molecule has 6 nitrogen and oxygen atoms in total. The van der Waals surface area contributed by atoms with E-state index in [-0.39, 0.29) is 11.5 Å². The number of aromatic carboxylic acids is 1. The van der Waals surface area contributed by atoms with Gasteiger partial charge in [-0.15, -0.1) is 5.10 Å². The molecule has 2 aromatic carbocycles. The van der Waals surface area contributed by atoms with Crippen molar-refractivity contribution in [1.29, 1.82) is 0 Å². The summed E-state index contributed by atoms with van der Waals surface area (Å²) in [6.45, 7) is 0. The predicted molar refractivity (Wildman–Crippen MR) is 103 cm³/mol. The maximum Gasteiger partial charge on any atom is 0.356 e. The van der Waals surface area contributed by atoms with Gasteiger partial charge in [-0.1, -0.05) is 48.6 Å². The van der Waals surface area contributed by atoms with Gasteiger partial charge in [0.25, 0.3) is 0 Å². The summed E-state index contributed by atoms with van der Waals surface area (Å²) in [4.78, 5) is 25.8. The number of hydrogen-bond acceptors (Lipinski definition) is 5. The second-order valence-electron chi connectivity index (χ2n) is 6.55. The van der Waals surface area contributed by atoms with Crippen LogP contribution >= 0.6 is 0 Å². The minimum atomic E-state index is -1.09. The summed E-state index contributed by atoms with van der Waals surface area (Å²) in [6, 6.07) is 12.4. The summed E-state index contributed by atoms with van der Waals surface area (Å²) in [5.41, 5.74) is 7.16. The Hall–Kier alpha value is -3.67. The molecule has 28 heavy (non-hydrogen) atoms. The van der Waals surface area contributed by atoms with Gasteiger partial charge in [0.05, 0.1) is 6.20 Å². The van der Waals surface area contributed by atoms with Crippen molar-refractivity contribution in [2.75, 3.05) is 0 Å². The number of carbonyl (C=O) groups excluding carboxylic acids is 1. The van der Waals surface area contributed by atoms with Gasteiger partial charge in [0.2, 0.25) is 0 Å². The number of nitrogens with zero attached hydrogens (tertiary/aromatic N) is 3. The summed E-state index contributed by atoms with van der Waals surface area (Å²) < 4.78 is 0. The fourth-order valence-electron chi connectivity index (χ4n) is 3.62. The zero-order chi connectivity index (χ0) is 19.5. The fourth-order valence-corrected chi connectivity index (χ4v) is 3.62. The van der Waals surface area contributed by atoms with E-state index in [2.05, 4.69) is 45.5 Å². The number of carboxylic acid groups (broad SMARTS) is 1. The molecule has 138 valence electrons. The zero-order valence-corrected chi connectivity index (χ0v) is 15.0. The third-order valence-electron chi connectivity index (χ3n) is 4.92. The highest BCUT2D eigenvalue weighted by atomic mass is 16.4. The molecule has 0 unspecified atom stereocenters. The van der Waals surface area contributed by atoms with Crippen LogP contribution in [0.25, 0.3) is 11.1 Å². The van der Waals surface area contributed by atoms with Crippen molar-refractivity contribution in [2.24, 2.45) is 0 Å². The lowest BCUT2D eigenvalue weighted by Crippen LogP contribution is -2.16. The molecule has 0 radical (unpaired) electrons. The van der Waals surface area contributed by atoms with Crippen molar-refractivity contribution in [3.63, 3.8) is 0 Å². The number of rotatable bonds is 1. The first-order valence-electron chi connectivity index (χ1n) is 8.92. The number of Topliss-reactive ketones (excluding diaryl/α,β-unsaturated/α-hetero) is 1. The Morgan fingerprint density at radius 2 is 1.68 bits per heavy atom. The average Bonchev–Trinajstić information content (AvgIpc) is 2.75. The SMILES string of the molecule is O=C(O)c1cnncn1.O=C1Cc2c(ccc3c2CC=CC3)-c2ccccc21. The molecule has 0 amide bonds. The highest BCUT2D eigenvalue weighted by molar-refractivity contribution is 6.07. The second kappa shape index (κ2) is 7.52. The van der Waals surface area contributed by atoms with Crippen molar-refractivity contribution in [1.82, 2.24) is 15.2 Å². The van der Waals surface area contributed by atoms with Crippen LogP contribution in [0.15, 0.2) is 61.1 Å². The molecule has 0 saturated heterocycles. The Morgan fingerprint density at radius 1 is 0.893 bits per heavy atom. The average molecular weight is 371 g/mol. The van der Waals surface area contributed by atoms with Crippen molar-refractivity contribution in [2.45, 2.75) is 19.3 Å². The predicted octanol–water partition coefficient (Wildman–Crippen LogP) is 3.32. The molecule has 5 rings (SSSR count). The van der Waals surface area contributed by atoms with Crippen molar-refractivity contribution >= 4 is 11.8 Å². The van der Waals surface area contributed by atoms with Gasteiger partial charge in [-0.25, -0.2) is 9.78 Å². The van der Waals surface area contributed by atoms with Gasteiger partial charge in [-0.2, -0.15) is 5.10 Å². The lowest BCUT2D eigenvalue weighted by Gasteiger charge is -2.24. The number of aromatic nitrogens is 3. The first-order valence-corrected chi connectivity index (χ1v) is 8.92. The van der Waals surface area contributed by atoms with Gasteiger partial charge in [-0.3, -0.25) is 4.79 Å². The smallest absolute Gasteiger partial charge is 0.356 e. The number of hydrogen-bond donors (Lipinski definition) is 1. The number of carbonyl (C=O) groups is 2.